The molecule has 21 nitrogen and oxygen atoms in total. The van der Waals surface area contributed by atoms with Crippen LogP contribution in [0, 0.1) is 13.8 Å². The van der Waals surface area contributed by atoms with Gasteiger partial charge in [0.15, 0.2) is 11.6 Å². The molecule has 2 saturated heterocycles. The van der Waals surface area contributed by atoms with Crippen molar-refractivity contribution in [3.63, 3.8) is 0 Å². The van der Waals surface area contributed by atoms with E-state index in [-0.39, 0.29) is 74.6 Å². The average molecular weight is 1220 g/mol. The molecule has 4 aromatic heterocycles. The second kappa shape index (κ2) is 24.4. The van der Waals surface area contributed by atoms with Gasteiger partial charge in [-0.2, -0.15) is 33.3 Å². The zero-order valence-electron chi connectivity index (χ0n) is 46.7. The fraction of sp³-hybridized carbons (Fsp3) is 0.500. The Morgan fingerprint density at radius 2 is 1.04 bits per heavy atom. The Morgan fingerprint density at radius 1 is 0.634 bits per heavy atom. The highest BCUT2D eigenvalue weighted by Crippen LogP contribution is 2.43. The molecule has 5 N–H and O–H groups in total. The third-order valence-corrected chi connectivity index (χ3v) is 19.2. The van der Waals surface area contributed by atoms with Crippen molar-refractivity contribution in [2.75, 3.05) is 47.4 Å². The van der Waals surface area contributed by atoms with Gasteiger partial charge in [-0.25, -0.2) is 26.8 Å². The van der Waals surface area contributed by atoms with Crippen LogP contribution >= 0.6 is 23.2 Å². The number of anilines is 8. The number of benzene rings is 2. The number of nitrogens with one attached hydrogen (secondary N) is 5. The summed E-state index contributed by atoms with van der Waals surface area (Å²) in [4.78, 5) is 30.2. The van der Waals surface area contributed by atoms with Crippen LogP contribution in [0.15, 0.2) is 59.1 Å². The lowest BCUT2D eigenvalue weighted by molar-refractivity contribution is -0.186. The first kappa shape index (κ1) is 60.1. The van der Waals surface area contributed by atoms with Crippen LogP contribution in [-0.2, 0) is 38.6 Å². The van der Waals surface area contributed by atoms with Gasteiger partial charge >= 0.3 is 12.1 Å². The van der Waals surface area contributed by atoms with Crippen LogP contribution in [-0.4, -0.2) is 122 Å². The Hall–Kier alpha value is -6.48. The van der Waals surface area contributed by atoms with Gasteiger partial charge in [-0.15, -0.1) is 0 Å². The Balaban J connectivity index is 0.000000200. The minimum atomic E-state index is -4.88. The maximum atomic E-state index is 12.9. The number of hydrogen-bond acceptors (Lipinski definition) is 18. The molecule has 0 spiro atoms. The second-order valence-corrected chi connectivity index (χ2v) is 27.3. The minimum Gasteiger partial charge on any atom is -0.488 e. The first-order chi connectivity index (χ1) is 38.7. The smallest absolute Gasteiger partial charge is 0.471 e. The Morgan fingerprint density at radius 3 is 1.41 bits per heavy atom. The Kier molecular flexibility index (Phi) is 17.9. The summed E-state index contributed by atoms with van der Waals surface area (Å²) in [5.74, 6) is 0.907. The number of carbonyl (C=O) groups is 1. The number of amides is 1. The number of aromatic nitrogens is 8. The SMILES string of the molecule is Cc1cc(Nc2ncc(Cl)c(Nc3cn(C)nc3S(=O)(=O)C(C)C)n2)c(OC2CC2)cc1C1CCN(C(=O)C(F)(F)F)CC1.Cc1cc(Nc2ncc(Cl)c(Nc3cn(C)nc3S(=O)(=O)C(C)C)n2)c(OC2CC2)cc1C1CCNCC1. The van der Waals surface area contributed by atoms with Crippen molar-refractivity contribution < 1.29 is 44.3 Å². The quantitative estimate of drug-likeness (QED) is 0.0536. The molecule has 0 unspecified atom stereocenters. The Bertz CT molecular complexity index is 3560. The molecule has 6 heterocycles. The molecular formula is C54H67Cl2F3N14O7S2. The zero-order chi connectivity index (χ0) is 59.0. The third-order valence-electron chi connectivity index (χ3n) is 14.5. The highest BCUT2D eigenvalue weighted by Gasteiger charge is 2.43. The zero-order valence-corrected chi connectivity index (χ0v) is 49.8. The fourth-order valence-corrected chi connectivity index (χ4v) is 12.1. The lowest BCUT2D eigenvalue weighted by Gasteiger charge is -2.33. The number of rotatable bonds is 18. The van der Waals surface area contributed by atoms with Crippen molar-refractivity contribution in [1.82, 2.24) is 49.7 Å². The molecule has 10 rings (SSSR count). The standard InChI is InChI=1S/C28H33ClF3N7O4S.C26H34ClN7O3S/c1-15(2)44(41,42)25-22(14-38(4)37-25)34-24-20(29)13-33-27(36-24)35-21-11-16(3)19(12-23(21)43-18-5-6-18)17-7-9-39(10-8-17)26(40)28(30,31)32;1-15(2)38(35,36)25-22(14-34(4)33-25)30-24-20(27)13-29-26(32-24)31-21-11-16(3)19(17-7-9-28-10-8-17)12-23(21)37-18-5-6-18/h11-15,17-18H,5-10H2,1-4H3,(H2,33,34,35,36);11-15,17-18,28H,5-10H2,1-4H3,(H2,29,30,31,32). The molecule has 0 bridgehead atoms. The topological polar surface area (TPSA) is 254 Å². The van der Waals surface area contributed by atoms with Gasteiger partial charge in [0, 0.05) is 39.6 Å². The first-order valence-electron chi connectivity index (χ1n) is 27.1. The van der Waals surface area contributed by atoms with Crippen molar-refractivity contribution in [1.29, 1.82) is 0 Å². The van der Waals surface area contributed by atoms with Crippen LogP contribution in [0.3, 0.4) is 0 Å². The fourth-order valence-electron chi connectivity index (χ4n) is 9.61. The number of ether oxygens (including phenoxy) is 2. The second-order valence-electron chi connectivity index (χ2n) is 21.6. The number of aryl methyl sites for hydroxylation is 4. The van der Waals surface area contributed by atoms with Gasteiger partial charge in [0.2, 0.25) is 41.6 Å². The van der Waals surface area contributed by atoms with Crippen LogP contribution in [0.25, 0.3) is 0 Å². The maximum absolute atomic E-state index is 12.9. The summed E-state index contributed by atoms with van der Waals surface area (Å²) >= 11 is 12.8. The molecule has 4 fully saturated rings. The van der Waals surface area contributed by atoms with E-state index >= 15 is 0 Å². The van der Waals surface area contributed by atoms with E-state index in [0.29, 0.717) is 41.8 Å². The van der Waals surface area contributed by atoms with Crippen LogP contribution in [0.4, 0.5) is 59.5 Å². The summed E-state index contributed by atoms with van der Waals surface area (Å²) in [5, 5.41) is 23.1. The summed E-state index contributed by atoms with van der Waals surface area (Å²) in [5.41, 5.74) is 6.23. The van der Waals surface area contributed by atoms with Crippen molar-refractivity contribution >= 4 is 95.1 Å². The summed E-state index contributed by atoms with van der Waals surface area (Å²) in [6.07, 6.45) is 8.28. The van der Waals surface area contributed by atoms with Crippen LogP contribution in [0.1, 0.15) is 113 Å². The van der Waals surface area contributed by atoms with Gasteiger partial charge in [-0.1, -0.05) is 23.2 Å². The number of alkyl halides is 3. The van der Waals surface area contributed by atoms with Gasteiger partial charge in [-0.3, -0.25) is 14.2 Å². The van der Waals surface area contributed by atoms with Gasteiger partial charge in [0.1, 0.15) is 21.5 Å². The van der Waals surface area contributed by atoms with E-state index in [1.54, 1.807) is 48.0 Å². The number of piperidine rings is 2. The first-order valence-corrected chi connectivity index (χ1v) is 31.0. The van der Waals surface area contributed by atoms with E-state index in [1.165, 1.54) is 39.1 Å². The highest BCUT2D eigenvalue weighted by molar-refractivity contribution is 7.92. The number of likely N-dealkylation sites (tertiary alicyclic amines) is 1. The van der Waals surface area contributed by atoms with Crippen molar-refractivity contribution in [3.05, 3.63) is 81.4 Å². The summed E-state index contributed by atoms with van der Waals surface area (Å²) < 4.78 is 105. The molecule has 2 saturated carbocycles. The maximum Gasteiger partial charge on any atom is 0.471 e. The van der Waals surface area contributed by atoms with E-state index in [0.717, 1.165) is 79.1 Å². The van der Waals surface area contributed by atoms with Crippen LogP contribution < -0.4 is 36.1 Å². The molecule has 6 aromatic rings. The van der Waals surface area contributed by atoms with Gasteiger partial charge in [-0.05, 0) is 164 Å². The van der Waals surface area contributed by atoms with E-state index in [2.05, 4.69) is 75.8 Å². The molecule has 442 valence electrons. The summed E-state index contributed by atoms with van der Waals surface area (Å²) in [6, 6.07) is 8.03. The van der Waals surface area contributed by atoms with Gasteiger partial charge in [0.25, 0.3) is 0 Å². The van der Waals surface area contributed by atoms with E-state index < -0.39 is 42.3 Å². The van der Waals surface area contributed by atoms with Crippen molar-refractivity contribution in [2.45, 2.75) is 144 Å². The largest absolute Gasteiger partial charge is 0.488 e. The molecule has 2 aliphatic heterocycles. The Labute approximate surface area is 484 Å². The van der Waals surface area contributed by atoms with E-state index in [1.807, 2.05) is 19.1 Å². The molecule has 82 heavy (non-hydrogen) atoms. The average Bonchev–Trinajstić information content (AvgIpc) is 4.53. The molecule has 2 aliphatic carbocycles. The lowest BCUT2D eigenvalue weighted by atomic mass is 9.86. The molecule has 0 radical (unpaired) electrons. The molecule has 0 atom stereocenters. The normalized spacial score (nSPS) is 16.5. The molecular weight excluding hydrogens is 1150 g/mol. The van der Waals surface area contributed by atoms with Crippen molar-refractivity contribution in [2.24, 2.45) is 14.1 Å². The number of nitrogens with zero attached hydrogens (tertiary/aromatic N) is 9. The predicted octanol–water partition coefficient (Wildman–Crippen LogP) is 10.5. The van der Waals surface area contributed by atoms with E-state index in [4.69, 9.17) is 32.7 Å². The third kappa shape index (κ3) is 14.1. The van der Waals surface area contributed by atoms with Crippen molar-refractivity contribution in [3.8, 4) is 11.5 Å². The number of sulfone groups is 2. The number of halogens is 5. The predicted molar refractivity (Wildman–Crippen MR) is 307 cm³/mol. The van der Waals surface area contributed by atoms with Crippen LogP contribution in [0.5, 0.6) is 11.5 Å². The summed E-state index contributed by atoms with van der Waals surface area (Å²) in [6.45, 7) is 12.5. The summed E-state index contributed by atoms with van der Waals surface area (Å²) in [7, 11) is -4.06. The van der Waals surface area contributed by atoms with Gasteiger partial charge < -0.3 is 41.0 Å². The highest BCUT2D eigenvalue weighted by atomic mass is 35.5. The molecule has 28 heteroatoms. The molecule has 1 amide bonds. The minimum absolute atomic E-state index is 0.0206. The van der Waals surface area contributed by atoms with E-state index in [9.17, 15) is 34.8 Å². The van der Waals surface area contributed by atoms with Gasteiger partial charge in [0.05, 0.1) is 57.9 Å². The molecule has 4 aliphatic rings. The number of carbonyl (C=O) groups excluding carboxylic acids is 1. The lowest BCUT2D eigenvalue weighted by Crippen LogP contribution is -2.45. The molecule has 2 aromatic carbocycles. The number of hydrogen-bond donors (Lipinski definition) is 5. The van der Waals surface area contributed by atoms with Crippen LogP contribution in [0.2, 0.25) is 10.0 Å². The monoisotopic (exact) mass is 1210 g/mol.